The monoisotopic (exact) mass is 393 g/mol. The summed E-state index contributed by atoms with van der Waals surface area (Å²) in [5.74, 6) is 0.758. The van der Waals surface area contributed by atoms with E-state index in [1.165, 1.54) is 12.1 Å². The number of fused-ring (bicyclic) bond motifs is 1. The van der Waals surface area contributed by atoms with Crippen molar-refractivity contribution in [3.8, 4) is 28.1 Å². The molecule has 1 aliphatic rings. The van der Waals surface area contributed by atoms with Crippen LogP contribution >= 0.6 is 0 Å². The van der Waals surface area contributed by atoms with E-state index in [1.807, 2.05) is 29.8 Å². The van der Waals surface area contributed by atoms with Gasteiger partial charge in [-0.25, -0.2) is 4.39 Å². The van der Waals surface area contributed by atoms with Crippen LogP contribution < -0.4 is 10.1 Å². The van der Waals surface area contributed by atoms with E-state index in [0.717, 1.165) is 41.0 Å². The van der Waals surface area contributed by atoms with Crippen molar-refractivity contribution in [3.05, 3.63) is 54.0 Å². The summed E-state index contributed by atoms with van der Waals surface area (Å²) in [5, 5.41) is 7.65. The van der Waals surface area contributed by atoms with E-state index >= 15 is 0 Å². The molecule has 150 valence electrons. The summed E-state index contributed by atoms with van der Waals surface area (Å²) in [5.41, 5.74) is 5.30. The number of amides is 1. The number of rotatable bonds is 5. The molecule has 5 nitrogen and oxygen atoms in total. The molecule has 2 heterocycles. The number of hydrogen-bond donors (Lipinski definition) is 1. The lowest BCUT2D eigenvalue weighted by atomic mass is 9.98. The van der Waals surface area contributed by atoms with Crippen LogP contribution in [0.15, 0.2) is 42.5 Å². The maximum atomic E-state index is 13.5. The summed E-state index contributed by atoms with van der Waals surface area (Å²) in [6.45, 7) is 7.14. The molecule has 29 heavy (non-hydrogen) atoms. The number of ether oxygens (including phenoxy) is 1. The molecule has 0 fully saturated rings. The lowest BCUT2D eigenvalue weighted by Crippen LogP contribution is -2.25. The van der Waals surface area contributed by atoms with E-state index < -0.39 is 0 Å². The molecule has 0 saturated carbocycles. The Hall–Kier alpha value is -3.15. The van der Waals surface area contributed by atoms with Crippen molar-refractivity contribution in [2.45, 2.75) is 33.7 Å². The lowest BCUT2D eigenvalue weighted by Gasteiger charge is -2.19. The molecule has 1 aromatic heterocycles. The van der Waals surface area contributed by atoms with Gasteiger partial charge in [0.1, 0.15) is 11.6 Å². The first-order valence-electron chi connectivity index (χ1n) is 9.83. The molecule has 3 aromatic rings. The molecule has 0 spiro atoms. The van der Waals surface area contributed by atoms with Gasteiger partial charge in [-0.1, -0.05) is 19.9 Å². The first kappa shape index (κ1) is 19.2. The number of hydrogen-bond acceptors (Lipinski definition) is 3. The van der Waals surface area contributed by atoms with E-state index in [2.05, 4.69) is 19.2 Å². The number of halogens is 1. The number of anilines is 1. The summed E-state index contributed by atoms with van der Waals surface area (Å²) < 4.78 is 21.0. The second-order valence-electron chi connectivity index (χ2n) is 7.77. The maximum absolute atomic E-state index is 13.5. The third-order valence-electron chi connectivity index (χ3n) is 5.06. The number of aromatic nitrogens is 2. The fourth-order valence-electron chi connectivity index (χ4n) is 3.61. The van der Waals surface area contributed by atoms with Crippen molar-refractivity contribution >= 4 is 11.6 Å². The highest BCUT2D eigenvalue weighted by atomic mass is 19.1. The normalized spacial score (nSPS) is 13.2. The van der Waals surface area contributed by atoms with Crippen LogP contribution in [0.1, 0.15) is 26.0 Å². The van der Waals surface area contributed by atoms with Crippen LogP contribution in [0.2, 0.25) is 0 Å². The highest BCUT2D eigenvalue weighted by Crippen LogP contribution is 2.39. The summed E-state index contributed by atoms with van der Waals surface area (Å²) in [6, 6.07) is 12.2. The summed E-state index contributed by atoms with van der Waals surface area (Å²) in [7, 11) is 0. The molecule has 1 N–H and O–H groups in total. The Morgan fingerprint density at radius 3 is 2.62 bits per heavy atom. The molecule has 4 rings (SSSR count). The predicted molar refractivity (Wildman–Crippen MR) is 111 cm³/mol. The van der Waals surface area contributed by atoms with Crippen LogP contribution in [0.4, 0.5) is 10.1 Å². The van der Waals surface area contributed by atoms with E-state index in [4.69, 9.17) is 9.84 Å². The number of aryl methyl sites for hydroxylation is 2. The topological polar surface area (TPSA) is 56.2 Å². The van der Waals surface area contributed by atoms with Crippen molar-refractivity contribution in [1.82, 2.24) is 9.78 Å². The number of nitrogens with zero attached hydrogens (tertiary/aromatic N) is 2. The van der Waals surface area contributed by atoms with Crippen molar-refractivity contribution in [1.29, 1.82) is 0 Å². The number of carbonyl (C=O) groups excluding carboxylic acids is 1. The molecule has 0 atom stereocenters. The van der Waals surface area contributed by atoms with E-state index in [9.17, 15) is 9.18 Å². The molecule has 0 aliphatic carbocycles. The van der Waals surface area contributed by atoms with E-state index in [1.54, 1.807) is 12.1 Å². The molecule has 0 saturated heterocycles. The zero-order valence-corrected chi connectivity index (χ0v) is 16.8. The van der Waals surface area contributed by atoms with Gasteiger partial charge in [-0.3, -0.25) is 9.48 Å². The van der Waals surface area contributed by atoms with Gasteiger partial charge >= 0.3 is 0 Å². The molecule has 1 amide bonds. The fraction of sp³-hybridized carbons (Fsp3) is 0.304. The number of carbonyl (C=O) groups is 1. The highest BCUT2D eigenvalue weighted by Gasteiger charge is 2.22. The van der Waals surface area contributed by atoms with Crippen LogP contribution in [0.25, 0.3) is 22.4 Å². The van der Waals surface area contributed by atoms with Crippen LogP contribution in [0.5, 0.6) is 5.75 Å². The molecule has 6 heteroatoms. The number of benzene rings is 2. The minimum Gasteiger partial charge on any atom is -0.482 e. The zero-order chi connectivity index (χ0) is 20.5. The van der Waals surface area contributed by atoms with Crippen LogP contribution in [-0.2, 0) is 11.3 Å². The Morgan fingerprint density at radius 2 is 1.90 bits per heavy atom. The predicted octanol–water partition coefficient (Wildman–Crippen LogP) is 5.04. The molecule has 1 aliphatic heterocycles. The first-order valence-corrected chi connectivity index (χ1v) is 9.83. The van der Waals surface area contributed by atoms with Gasteiger partial charge in [-0.15, -0.1) is 0 Å². The van der Waals surface area contributed by atoms with Gasteiger partial charge in [0.15, 0.2) is 6.61 Å². The smallest absolute Gasteiger partial charge is 0.262 e. The van der Waals surface area contributed by atoms with Crippen LogP contribution in [0.3, 0.4) is 0 Å². The fourth-order valence-corrected chi connectivity index (χ4v) is 3.61. The standard InChI is InChI=1S/C23H24FN3O2/c1-14(2)10-11-27-23(16-4-7-18(24)8-5-16)22(15(3)26-27)17-6-9-20-19(12-17)25-21(28)13-29-20/h4-9,12,14H,10-11,13H2,1-3H3,(H,25,28). The van der Waals surface area contributed by atoms with Gasteiger partial charge in [0, 0.05) is 17.7 Å². The largest absolute Gasteiger partial charge is 0.482 e. The lowest BCUT2D eigenvalue weighted by molar-refractivity contribution is -0.118. The Balaban J connectivity index is 1.85. The van der Waals surface area contributed by atoms with Crippen molar-refractivity contribution < 1.29 is 13.9 Å². The molecule has 0 bridgehead atoms. The minimum absolute atomic E-state index is 0.0271. The maximum Gasteiger partial charge on any atom is 0.262 e. The summed E-state index contributed by atoms with van der Waals surface area (Å²) in [6.07, 6.45) is 0.989. The van der Waals surface area contributed by atoms with Crippen molar-refractivity contribution in [2.24, 2.45) is 5.92 Å². The van der Waals surface area contributed by atoms with E-state index in [-0.39, 0.29) is 18.3 Å². The Labute approximate surface area is 169 Å². The third-order valence-corrected chi connectivity index (χ3v) is 5.06. The SMILES string of the molecule is Cc1nn(CCC(C)C)c(-c2ccc(F)cc2)c1-c1ccc2c(c1)NC(=O)CO2. The summed E-state index contributed by atoms with van der Waals surface area (Å²) in [4.78, 5) is 11.7. The molecular weight excluding hydrogens is 369 g/mol. The highest BCUT2D eigenvalue weighted by molar-refractivity contribution is 5.97. The first-order chi connectivity index (χ1) is 13.9. The quantitative estimate of drug-likeness (QED) is 0.661. The molecular formula is C23H24FN3O2. The van der Waals surface area contributed by atoms with E-state index in [0.29, 0.717) is 17.4 Å². The van der Waals surface area contributed by atoms with Gasteiger partial charge in [0.05, 0.1) is 17.1 Å². The van der Waals surface area contributed by atoms with Gasteiger partial charge in [0.2, 0.25) is 0 Å². The summed E-state index contributed by atoms with van der Waals surface area (Å²) >= 11 is 0. The average molecular weight is 393 g/mol. The third kappa shape index (κ3) is 3.88. The van der Waals surface area contributed by atoms with Crippen molar-refractivity contribution in [3.63, 3.8) is 0 Å². The van der Waals surface area contributed by atoms with Gasteiger partial charge in [-0.05, 0) is 61.2 Å². The second kappa shape index (κ2) is 7.70. The average Bonchev–Trinajstić information content (AvgIpc) is 3.02. The van der Waals surface area contributed by atoms with Crippen LogP contribution in [-0.4, -0.2) is 22.3 Å². The van der Waals surface area contributed by atoms with Crippen molar-refractivity contribution in [2.75, 3.05) is 11.9 Å². The van der Waals surface area contributed by atoms with Gasteiger partial charge < -0.3 is 10.1 Å². The zero-order valence-electron chi connectivity index (χ0n) is 16.8. The Bertz CT molecular complexity index is 1050. The molecule has 0 unspecified atom stereocenters. The Kier molecular flexibility index (Phi) is 5.09. The minimum atomic E-state index is -0.270. The van der Waals surface area contributed by atoms with Gasteiger partial charge in [0.25, 0.3) is 5.91 Å². The van der Waals surface area contributed by atoms with Crippen LogP contribution in [0, 0.1) is 18.7 Å². The second-order valence-corrected chi connectivity index (χ2v) is 7.77. The van der Waals surface area contributed by atoms with Gasteiger partial charge in [-0.2, -0.15) is 5.10 Å². The molecule has 2 aromatic carbocycles. The number of nitrogens with one attached hydrogen (secondary N) is 1. The Morgan fingerprint density at radius 1 is 1.17 bits per heavy atom. The molecule has 0 radical (unpaired) electrons.